The Labute approximate surface area is 134 Å². The average molecular weight is 284 g/mol. The number of carbonyl (C=O) groups excluding carboxylic acids is 1. The van der Waals surface area contributed by atoms with Crippen molar-refractivity contribution >= 4 is 45.5 Å². The van der Waals surface area contributed by atoms with Gasteiger partial charge in [-0.25, -0.2) is 13.1 Å². The van der Waals surface area contributed by atoms with Gasteiger partial charge in [0.15, 0.2) is 0 Å². The molecule has 1 amide bonds. The number of rotatable bonds is 3. The van der Waals surface area contributed by atoms with E-state index in [0.29, 0.717) is 5.56 Å². The summed E-state index contributed by atoms with van der Waals surface area (Å²) in [5, 5.41) is 0. The molecule has 0 aliphatic rings. The van der Waals surface area contributed by atoms with E-state index in [2.05, 4.69) is 0 Å². The molecule has 0 unspecified atom stereocenters. The molecular weight excluding hydrogens is 273 g/mol. The zero-order valence-corrected chi connectivity index (χ0v) is 13.2. The minimum atomic E-state index is -3.81. The minimum absolute atomic E-state index is 0. The molecule has 0 saturated carbocycles. The number of nitrogens with one attached hydrogen (secondary N) is 1. The van der Waals surface area contributed by atoms with E-state index in [0.717, 1.165) is 0 Å². The third-order valence-corrected chi connectivity index (χ3v) is 3.66. The second kappa shape index (κ2) is 6.86. The van der Waals surface area contributed by atoms with Crippen LogP contribution in [0.25, 0.3) is 0 Å². The Bertz CT molecular complexity index is 642. The van der Waals surface area contributed by atoms with Crippen LogP contribution in [0.3, 0.4) is 0 Å². The number of benzene rings is 2. The molecule has 0 aromatic heterocycles. The zero-order valence-electron chi connectivity index (χ0n) is 10.4. The van der Waals surface area contributed by atoms with Crippen molar-refractivity contribution in [2.45, 2.75) is 4.90 Å². The molecule has 6 heteroatoms. The largest absolute Gasteiger partial charge is 0.268 e. The molecule has 0 aliphatic carbocycles. The van der Waals surface area contributed by atoms with Crippen LogP contribution in [-0.4, -0.2) is 43.9 Å². The van der Waals surface area contributed by atoms with Crippen LogP contribution in [0.1, 0.15) is 10.4 Å². The van der Waals surface area contributed by atoms with Crippen LogP contribution >= 0.6 is 0 Å². The average Bonchev–Trinajstić information content (AvgIpc) is 2.40. The number of hydrogen-bond acceptors (Lipinski definition) is 3. The molecule has 93 valence electrons. The first-order valence-electron chi connectivity index (χ1n) is 5.27. The predicted octanol–water partition coefficient (Wildman–Crippen LogP) is 1.42. The van der Waals surface area contributed by atoms with Gasteiger partial charge in [0, 0.05) is 35.1 Å². The predicted molar refractivity (Wildman–Crippen MR) is 73.3 cm³/mol. The molecule has 2 aromatic rings. The van der Waals surface area contributed by atoms with Crippen molar-refractivity contribution in [2.24, 2.45) is 0 Å². The monoisotopic (exact) mass is 284 g/mol. The van der Waals surface area contributed by atoms with Gasteiger partial charge in [-0.2, -0.15) is 0 Å². The third-order valence-electron chi connectivity index (χ3n) is 2.32. The van der Waals surface area contributed by atoms with Crippen molar-refractivity contribution in [3.05, 3.63) is 66.2 Å². The second-order valence-corrected chi connectivity index (χ2v) is 5.30. The normalized spacial score (nSPS) is 10.3. The minimum Gasteiger partial charge on any atom is -0.268 e. The van der Waals surface area contributed by atoms with Gasteiger partial charge in [-0.3, -0.25) is 4.79 Å². The van der Waals surface area contributed by atoms with E-state index in [4.69, 9.17) is 0 Å². The van der Waals surface area contributed by atoms with E-state index in [1.165, 1.54) is 12.1 Å². The Hall–Kier alpha value is -1.14. The van der Waals surface area contributed by atoms with Crippen molar-refractivity contribution in [1.82, 2.24) is 4.72 Å². The molecule has 19 heavy (non-hydrogen) atoms. The maximum absolute atomic E-state index is 11.9. The first kappa shape index (κ1) is 15.9. The Morgan fingerprint density at radius 2 is 1.32 bits per heavy atom. The van der Waals surface area contributed by atoms with Gasteiger partial charge in [0.1, 0.15) is 0 Å². The fraction of sp³-hybridized carbons (Fsp3) is 0. The van der Waals surface area contributed by atoms with Crippen molar-refractivity contribution < 1.29 is 13.2 Å². The molecule has 0 heterocycles. The molecule has 0 bridgehead atoms. The first-order valence-corrected chi connectivity index (χ1v) is 6.75. The standard InChI is InChI=1S/C13H11NO3S.Na/c15-13(11-7-3-1-4-8-11)14-18(16,17)12-9-5-2-6-10-12;/h1-10H,(H,14,15);. The topological polar surface area (TPSA) is 63.2 Å². The Kier molecular flexibility index (Phi) is 5.75. The summed E-state index contributed by atoms with van der Waals surface area (Å²) in [6, 6.07) is 16.0. The summed E-state index contributed by atoms with van der Waals surface area (Å²) in [5.41, 5.74) is 0.303. The summed E-state index contributed by atoms with van der Waals surface area (Å²) in [6.07, 6.45) is 0. The molecule has 1 radical (unpaired) electrons. The van der Waals surface area contributed by atoms with Gasteiger partial charge < -0.3 is 0 Å². The number of sulfonamides is 1. The van der Waals surface area contributed by atoms with Crippen molar-refractivity contribution in [3.8, 4) is 0 Å². The fourth-order valence-corrected chi connectivity index (χ4v) is 2.42. The van der Waals surface area contributed by atoms with Crippen LogP contribution in [0.2, 0.25) is 0 Å². The molecule has 0 fully saturated rings. The maximum atomic E-state index is 11.9. The van der Waals surface area contributed by atoms with E-state index >= 15 is 0 Å². The third kappa shape index (κ3) is 4.18. The summed E-state index contributed by atoms with van der Waals surface area (Å²) < 4.78 is 25.8. The van der Waals surface area contributed by atoms with Crippen LogP contribution in [0, 0.1) is 0 Å². The molecule has 0 atom stereocenters. The Morgan fingerprint density at radius 1 is 0.842 bits per heavy atom. The second-order valence-electron chi connectivity index (χ2n) is 3.61. The maximum Gasteiger partial charge on any atom is 0.264 e. The smallest absolute Gasteiger partial charge is 0.264 e. The zero-order chi connectivity index (χ0) is 13.0. The van der Waals surface area contributed by atoms with E-state index < -0.39 is 15.9 Å². The van der Waals surface area contributed by atoms with Gasteiger partial charge in [-0.05, 0) is 24.3 Å². The van der Waals surface area contributed by atoms with Crippen molar-refractivity contribution in [3.63, 3.8) is 0 Å². The van der Waals surface area contributed by atoms with Gasteiger partial charge in [0.2, 0.25) is 0 Å². The SMILES string of the molecule is O=C(NS(=O)(=O)c1ccccc1)c1ccccc1.[Na]. The van der Waals surface area contributed by atoms with Gasteiger partial charge in [-0.1, -0.05) is 36.4 Å². The van der Waals surface area contributed by atoms with Crippen molar-refractivity contribution in [2.75, 3.05) is 0 Å². The van der Waals surface area contributed by atoms with Crippen LogP contribution < -0.4 is 4.72 Å². The Morgan fingerprint density at radius 3 is 1.84 bits per heavy atom. The quantitative estimate of drug-likeness (QED) is 0.867. The van der Waals surface area contributed by atoms with E-state index in [-0.39, 0.29) is 34.5 Å². The molecule has 1 N–H and O–H groups in total. The van der Waals surface area contributed by atoms with Crippen LogP contribution in [0.4, 0.5) is 0 Å². The number of carbonyl (C=O) groups is 1. The number of amides is 1. The molecule has 2 aromatic carbocycles. The summed E-state index contributed by atoms with van der Waals surface area (Å²) >= 11 is 0. The fourth-order valence-electron chi connectivity index (χ4n) is 1.43. The van der Waals surface area contributed by atoms with Crippen molar-refractivity contribution in [1.29, 1.82) is 0 Å². The molecule has 0 saturated heterocycles. The van der Waals surface area contributed by atoms with E-state index in [9.17, 15) is 13.2 Å². The summed E-state index contributed by atoms with van der Waals surface area (Å²) in [6.45, 7) is 0. The molecule has 0 aliphatic heterocycles. The van der Waals surface area contributed by atoms with Crippen LogP contribution in [0.5, 0.6) is 0 Å². The van der Waals surface area contributed by atoms with Gasteiger partial charge >= 0.3 is 0 Å². The Balaban J connectivity index is 0.00000180. The van der Waals surface area contributed by atoms with E-state index in [1.54, 1.807) is 48.5 Å². The van der Waals surface area contributed by atoms with Crippen LogP contribution in [0.15, 0.2) is 65.6 Å². The summed E-state index contributed by atoms with van der Waals surface area (Å²) in [7, 11) is -3.81. The molecular formula is C13H11NNaO3S. The molecule has 4 nitrogen and oxygen atoms in total. The van der Waals surface area contributed by atoms with Gasteiger partial charge in [0.25, 0.3) is 15.9 Å². The van der Waals surface area contributed by atoms with E-state index in [1.807, 2.05) is 4.72 Å². The van der Waals surface area contributed by atoms with Gasteiger partial charge in [-0.15, -0.1) is 0 Å². The molecule has 0 spiro atoms. The number of hydrogen-bond donors (Lipinski definition) is 1. The first-order chi connectivity index (χ1) is 8.59. The van der Waals surface area contributed by atoms with Gasteiger partial charge in [0.05, 0.1) is 4.90 Å². The summed E-state index contributed by atoms with van der Waals surface area (Å²) in [5.74, 6) is -0.639. The van der Waals surface area contributed by atoms with Crippen LogP contribution in [-0.2, 0) is 10.0 Å². The summed E-state index contributed by atoms with van der Waals surface area (Å²) in [4.78, 5) is 11.8. The molecule has 2 rings (SSSR count).